The first kappa shape index (κ1) is 28.2. The van der Waals surface area contributed by atoms with Crippen molar-refractivity contribution in [1.82, 2.24) is 4.31 Å². The van der Waals surface area contributed by atoms with Gasteiger partial charge in [-0.3, -0.25) is 9.52 Å². The lowest BCUT2D eigenvalue weighted by Gasteiger charge is -2.35. The second kappa shape index (κ2) is 10.6. The number of ether oxygens (including phenoxy) is 1. The van der Waals surface area contributed by atoms with Gasteiger partial charge < -0.3 is 9.64 Å². The quantitative estimate of drug-likeness (QED) is 0.513. The monoisotopic (exact) mass is 557 g/mol. The van der Waals surface area contributed by atoms with Gasteiger partial charge in [0.15, 0.2) is 0 Å². The van der Waals surface area contributed by atoms with E-state index < -0.39 is 25.6 Å². The number of nitrogens with one attached hydrogen (secondary N) is 1. The number of carbonyl (C=O) groups is 1. The summed E-state index contributed by atoms with van der Waals surface area (Å²) in [4.78, 5) is 14.3. The lowest BCUT2D eigenvalue weighted by Crippen LogP contribution is -2.39. The van der Waals surface area contributed by atoms with Gasteiger partial charge in [-0.25, -0.2) is 21.1 Å². The third kappa shape index (κ3) is 6.70. The van der Waals surface area contributed by atoms with Crippen LogP contribution in [0.3, 0.4) is 0 Å². The van der Waals surface area contributed by atoms with E-state index in [1.54, 1.807) is 12.1 Å². The summed E-state index contributed by atoms with van der Waals surface area (Å²) in [7, 11) is -4.92. The molecule has 0 spiro atoms. The Balaban J connectivity index is 1.79. The molecular formula is C24H32ClN3O6S2. The van der Waals surface area contributed by atoms with E-state index >= 15 is 0 Å². The van der Waals surface area contributed by atoms with Gasteiger partial charge in [0.2, 0.25) is 10.0 Å². The summed E-state index contributed by atoms with van der Waals surface area (Å²) >= 11 is 6.17. The van der Waals surface area contributed by atoms with Crippen LogP contribution in [0.25, 0.3) is 0 Å². The highest BCUT2D eigenvalue weighted by Crippen LogP contribution is 2.34. The average Bonchev–Trinajstić information content (AvgIpc) is 2.78. The molecule has 0 aromatic heterocycles. The molecule has 1 aliphatic rings. The van der Waals surface area contributed by atoms with Gasteiger partial charge in [-0.05, 0) is 76.1 Å². The standard InChI is InChI=1S/C24H32ClN3O6S2/c1-24(2,3)34-23(29)17-12-14-28(15-13-17)22-11-6-18(25)16-21(22)26-35(30,31)19-7-9-20(10-8-19)36(32,33)27(4)5/h6-11,16-17,26H,12-15H2,1-5H3. The van der Waals surface area contributed by atoms with Crippen molar-refractivity contribution in [2.24, 2.45) is 5.92 Å². The number of piperidine rings is 1. The van der Waals surface area contributed by atoms with Crippen molar-refractivity contribution in [2.45, 2.75) is 49.0 Å². The van der Waals surface area contributed by atoms with Gasteiger partial charge in [0.1, 0.15) is 5.60 Å². The van der Waals surface area contributed by atoms with Crippen LogP contribution in [0.5, 0.6) is 0 Å². The van der Waals surface area contributed by atoms with Crippen LogP contribution in [0, 0.1) is 5.92 Å². The normalized spacial score (nSPS) is 15.7. The molecular weight excluding hydrogens is 526 g/mol. The number of rotatable bonds is 7. The van der Waals surface area contributed by atoms with E-state index in [0.717, 1.165) is 4.31 Å². The Morgan fingerprint density at radius 2 is 1.56 bits per heavy atom. The van der Waals surface area contributed by atoms with Crippen molar-refractivity contribution in [3.8, 4) is 0 Å². The first-order valence-electron chi connectivity index (χ1n) is 11.4. The van der Waals surface area contributed by atoms with E-state index in [1.165, 1.54) is 44.4 Å². The van der Waals surface area contributed by atoms with Crippen LogP contribution >= 0.6 is 11.6 Å². The fourth-order valence-corrected chi connectivity index (χ4v) is 5.95. The van der Waals surface area contributed by atoms with Crippen LogP contribution < -0.4 is 9.62 Å². The SMILES string of the molecule is CN(C)S(=O)(=O)c1ccc(S(=O)(=O)Nc2cc(Cl)ccc2N2CCC(C(=O)OC(C)(C)C)CC2)cc1. The molecule has 0 atom stereocenters. The molecule has 1 fully saturated rings. The predicted molar refractivity (Wildman–Crippen MR) is 140 cm³/mol. The Morgan fingerprint density at radius 1 is 1.00 bits per heavy atom. The second-order valence-electron chi connectivity index (χ2n) is 9.82. The molecule has 1 heterocycles. The molecule has 1 N–H and O–H groups in total. The minimum absolute atomic E-state index is 0.0113. The third-order valence-electron chi connectivity index (χ3n) is 5.69. The van der Waals surface area contributed by atoms with Gasteiger partial charge in [0.05, 0.1) is 27.1 Å². The summed E-state index contributed by atoms with van der Waals surface area (Å²) in [6.07, 6.45) is 1.15. The molecule has 0 bridgehead atoms. The molecule has 36 heavy (non-hydrogen) atoms. The molecule has 0 aliphatic carbocycles. The summed E-state index contributed by atoms with van der Waals surface area (Å²) in [5.41, 5.74) is 0.380. The molecule has 9 nitrogen and oxygen atoms in total. The lowest BCUT2D eigenvalue weighted by atomic mass is 9.96. The second-order valence-corrected chi connectivity index (χ2v) is 14.1. The van der Waals surface area contributed by atoms with Gasteiger partial charge in [-0.2, -0.15) is 0 Å². The van der Waals surface area contributed by atoms with Crippen LogP contribution in [-0.4, -0.2) is 59.9 Å². The summed E-state index contributed by atoms with van der Waals surface area (Å²) in [6, 6.07) is 9.94. The van der Waals surface area contributed by atoms with Crippen molar-refractivity contribution in [3.05, 3.63) is 47.5 Å². The van der Waals surface area contributed by atoms with Crippen molar-refractivity contribution in [2.75, 3.05) is 36.8 Å². The minimum atomic E-state index is -4.04. The number of halogens is 1. The number of esters is 1. The van der Waals surface area contributed by atoms with Crippen LogP contribution in [0.15, 0.2) is 52.3 Å². The van der Waals surface area contributed by atoms with E-state index in [1.807, 2.05) is 25.7 Å². The molecule has 198 valence electrons. The molecule has 2 aromatic carbocycles. The summed E-state index contributed by atoms with van der Waals surface area (Å²) in [5.74, 6) is -0.441. The first-order valence-corrected chi connectivity index (χ1v) is 14.7. The Labute approximate surface area is 218 Å². The largest absolute Gasteiger partial charge is 0.460 e. The van der Waals surface area contributed by atoms with E-state index in [2.05, 4.69) is 4.72 Å². The zero-order chi connectivity index (χ0) is 26.9. The number of anilines is 2. The number of nitrogens with zero attached hydrogens (tertiary/aromatic N) is 2. The molecule has 12 heteroatoms. The molecule has 3 rings (SSSR count). The fourth-order valence-electron chi connectivity index (χ4n) is 3.81. The van der Waals surface area contributed by atoms with E-state index in [-0.39, 0.29) is 21.7 Å². The van der Waals surface area contributed by atoms with Crippen LogP contribution in [-0.2, 0) is 29.6 Å². The highest BCUT2D eigenvalue weighted by atomic mass is 35.5. The third-order valence-corrected chi connectivity index (χ3v) is 9.14. The van der Waals surface area contributed by atoms with Gasteiger partial charge in [0.25, 0.3) is 10.0 Å². The van der Waals surface area contributed by atoms with Gasteiger partial charge in [-0.15, -0.1) is 0 Å². The van der Waals surface area contributed by atoms with E-state index in [4.69, 9.17) is 16.3 Å². The highest BCUT2D eigenvalue weighted by molar-refractivity contribution is 7.92. The first-order chi connectivity index (χ1) is 16.6. The summed E-state index contributed by atoms with van der Waals surface area (Å²) < 4.78 is 60.0. The maximum atomic E-state index is 13.1. The zero-order valence-corrected chi connectivity index (χ0v) is 23.4. The van der Waals surface area contributed by atoms with Crippen LogP contribution in [0.1, 0.15) is 33.6 Å². The van der Waals surface area contributed by atoms with Crippen molar-refractivity contribution in [1.29, 1.82) is 0 Å². The van der Waals surface area contributed by atoms with Gasteiger partial charge in [0, 0.05) is 32.2 Å². The van der Waals surface area contributed by atoms with E-state index in [9.17, 15) is 21.6 Å². The average molecular weight is 558 g/mol. The Morgan fingerprint density at radius 3 is 2.08 bits per heavy atom. The number of hydrogen-bond donors (Lipinski definition) is 1. The number of hydrogen-bond acceptors (Lipinski definition) is 7. The molecule has 1 saturated heterocycles. The van der Waals surface area contributed by atoms with Crippen molar-refractivity contribution < 1.29 is 26.4 Å². The highest BCUT2D eigenvalue weighted by Gasteiger charge is 2.30. The molecule has 0 saturated carbocycles. The van der Waals surface area contributed by atoms with Crippen molar-refractivity contribution in [3.63, 3.8) is 0 Å². The van der Waals surface area contributed by atoms with Crippen LogP contribution in [0.4, 0.5) is 11.4 Å². The van der Waals surface area contributed by atoms with Gasteiger partial charge >= 0.3 is 5.97 Å². The topological polar surface area (TPSA) is 113 Å². The Kier molecular flexibility index (Phi) is 8.29. The van der Waals surface area contributed by atoms with Crippen LogP contribution in [0.2, 0.25) is 5.02 Å². The fraction of sp³-hybridized carbons (Fsp3) is 0.458. The minimum Gasteiger partial charge on any atom is -0.460 e. The van der Waals surface area contributed by atoms with Gasteiger partial charge in [-0.1, -0.05) is 11.6 Å². The molecule has 1 aliphatic heterocycles. The molecule has 0 amide bonds. The number of carbonyl (C=O) groups excluding carboxylic acids is 1. The van der Waals surface area contributed by atoms with Crippen molar-refractivity contribution >= 4 is 49.0 Å². The molecule has 2 aromatic rings. The molecule has 0 radical (unpaired) electrons. The summed E-state index contributed by atoms with van der Waals surface area (Å²) in [5, 5.41) is 0.354. The Hall–Kier alpha value is -2.34. The molecule has 0 unspecified atom stereocenters. The summed E-state index contributed by atoms with van der Waals surface area (Å²) in [6.45, 7) is 6.58. The number of sulfonamides is 2. The smallest absolute Gasteiger partial charge is 0.309 e. The van der Waals surface area contributed by atoms with E-state index in [0.29, 0.717) is 42.3 Å². The maximum absolute atomic E-state index is 13.1. The predicted octanol–water partition coefficient (Wildman–Crippen LogP) is 3.95. The number of benzene rings is 2. The maximum Gasteiger partial charge on any atom is 0.309 e. The Bertz CT molecular complexity index is 1310. The zero-order valence-electron chi connectivity index (χ0n) is 21.0. The lowest BCUT2D eigenvalue weighted by molar-refractivity contribution is -0.160.